The first-order valence-corrected chi connectivity index (χ1v) is 6.78. The number of halogens is 1. The zero-order chi connectivity index (χ0) is 10.9. The fourth-order valence-corrected chi connectivity index (χ4v) is 4.12. The molecule has 0 aliphatic carbocycles. The van der Waals surface area contributed by atoms with E-state index in [1.807, 2.05) is 0 Å². The first-order chi connectivity index (χ1) is 7.24. The lowest BCUT2D eigenvalue weighted by atomic mass is 10.0. The highest BCUT2D eigenvalue weighted by Gasteiger charge is 2.51. The van der Waals surface area contributed by atoms with Gasteiger partial charge in [0, 0.05) is 19.3 Å². The van der Waals surface area contributed by atoms with E-state index in [1.54, 1.807) is 5.57 Å². The number of fused-ring (bicyclic) bond motifs is 1. The molecule has 0 aromatic rings. The monoisotopic (exact) mass is 287 g/mol. The summed E-state index contributed by atoms with van der Waals surface area (Å²) < 4.78 is 1.42. The molecule has 3 atom stereocenters. The molecule has 0 spiro atoms. The average Bonchev–Trinajstić information content (AvgIpc) is 2.77. The van der Waals surface area contributed by atoms with Crippen LogP contribution in [0.25, 0.3) is 0 Å². The first-order valence-electron chi connectivity index (χ1n) is 6.78. The molecule has 0 bridgehead atoms. The standard InChI is InChI=1S/C14H26N.BrH/c1-4-7-13(5-2)15-10-6-8-14(15)12(3)9-11-15;/h13-14H,3-11H2,1-2H3;1H/q+1;/p-1/t13?,14?,15-;/m0./s1. The van der Waals surface area contributed by atoms with E-state index in [0.717, 1.165) is 12.1 Å². The minimum Gasteiger partial charge on any atom is -1.00 e. The van der Waals surface area contributed by atoms with Crippen LogP contribution in [0.3, 0.4) is 0 Å². The van der Waals surface area contributed by atoms with Gasteiger partial charge in [0.25, 0.3) is 0 Å². The molecular formula is C14H26BrN. The summed E-state index contributed by atoms with van der Waals surface area (Å²) in [5, 5.41) is 0. The van der Waals surface area contributed by atoms with Crippen LogP contribution in [-0.4, -0.2) is 29.7 Å². The van der Waals surface area contributed by atoms with Crippen molar-refractivity contribution in [3.05, 3.63) is 12.2 Å². The van der Waals surface area contributed by atoms with E-state index < -0.39 is 0 Å². The number of hydrogen-bond acceptors (Lipinski definition) is 0. The predicted octanol–water partition coefficient (Wildman–Crippen LogP) is 0.508. The fraction of sp³-hybridized carbons (Fsp3) is 0.857. The van der Waals surface area contributed by atoms with Gasteiger partial charge in [-0.25, -0.2) is 0 Å². The quantitative estimate of drug-likeness (QED) is 0.522. The van der Waals surface area contributed by atoms with Gasteiger partial charge in [-0.05, 0) is 18.4 Å². The molecule has 0 amide bonds. The molecule has 0 N–H and O–H groups in total. The van der Waals surface area contributed by atoms with Crippen LogP contribution >= 0.6 is 0 Å². The fourth-order valence-electron chi connectivity index (χ4n) is 4.12. The second-order valence-corrected chi connectivity index (χ2v) is 5.47. The predicted molar refractivity (Wildman–Crippen MR) is 65.8 cm³/mol. The molecule has 0 saturated carbocycles. The maximum atomic E-state index is 4.30. The lowest BCUT2D eigenvalue weighted by Gasteiger charge is -2.42. The number of hydrogen-bond donors (Lipinski definition) is 0. The third-order valence-electron chi connectivity index (χ3n) is 4.81. The summed E-state index contributed by atoms with van der Waals surface area (Å²) in [5.41, 5.74) is 1.56. The Bertz CT molecular complexity index is 251. The van der Waals surface area contributed by atoms with Crippen LogP contribution in [0.4, 0.5) is 0 Å². The third kappa shape index (κ3) is 2.11. The lowest BCUT2D eigenvalue weighted by Crippen LogP contribution is -3.00. The van der Waals surface area contributed by atoms with Crippen molar-refractivity contribution in [2.45, 2.75) is 64.5 Å². The molecule has 2 fully saturated rings. The van der Waals surface area contributed by atoms with Gasteiger partial charge in [-0.15, -0.1) is 0 Å². The van der Waals surface area contributed by atoms with E-state index in [4.69, 9.17) is 0 Å². The maximum absolute atomic E-state index is 4.30. The minimum atomic E-state index is 0. The number of rotatable bonds is 4. The Balaban J connectivity index is 0.00000128. The van der Waals surface area contributed by atoms with E-state index >= 15 is 0 Å². The summed E-state index contributed by atoms with van der Waals surface area (Å²) in [6.07, 6.45) is 8.27. The molecule has 2 unspecified atom stereocenters. The van der Waals surface area contributed by atoms with Crippen LogP contribution in [0.5, 0.6) is 0 Å². The second kappa shape index (κ2) is 5.68. The first kappa shape index (κ1) is 14.2. The van der Waals surface area contributed by atoms with E-state index in [0.29, 0.717) is 0 Å². The molecule has 2 aliphatic rings. The second-order valence-electron chi connectivity index (χ2n) is 5.47. The van der Waals surface area contributed by atoms with Crippen molar-refractivity contribution in [1.29, 1.82) is 0 Å². The highest BCUT2D eigenvalue weighted by Crippen LogP contribution is 2.43. The van der Waals surface area contributed by atoms with Gasteiger partial charge < -0.3 is 21.5 Å². The highest BCUT2D eigenvalue weighted by molar-refractivity contribution is 5.09. The molecule has 0 aromatic heterocycles. The summed E-state index contributed by atoms with van der Waals surface area (Å²) >= 11 is 0. The third-order valence-corrected chi connectivity index (χ3v) is 4.81. The molecule has 2 aliphatic heterocycles. The molecule has 2 heterocycles. The van der Waals surface area contributed by atoms with Crippen LogP contribution in [0, 0.1) is 0 Å². The number of quaternary nitrogens is 1. The molecule has 0 aromatic carbocycles. The van der Waals surface area contributed by atoms with Crippen LogP contribution < -0.4 is 17.0 Å². The van der Waals surface area contributed by atoms with E-state index in [2.05, 4.69) is 20.4 Å². The van der Waals surface area contributed by atoms with E-state index in [9.17, 15) is 0 Å². The van der Waals surface area contributed by atoms with Gasteiger partial charge in [-0.2, -0.15) is 0 Å². The van der Waals surface area contributed by atoms with Gasteiger partial charge in [-0.1, -0.05) is 26.8 Å². The van der Waals surface area contributed by atoms with Gasteiger partial charge >= 0.3 is 0 Å². The maximum Gasteiger partial charge on any atom is 0.111 e. The van der Waals surface area contributed by atoms with E-state index in [-0.39, 0.29) is 17.0 Å². The zero-order valence-electron chi connectivity index (χ0n) is 10.8. The normalized spacial score (nSPS) is 34.6. The summed E-state index contributed by atoms with van der Waals surface area (Å²) in [7, 11) is 0. The van der Waals surface area contributed by atoms with Gasteiger partial charge in [0.05, 0.1) is 19.1 Å². The highest BCUT2D eigenvalue weighted by atomic mass is 79.9. The van der Waals surface area contributed by atoms with Crippen LogP contribution in [0.15, 0.2) is 12.2 Å². The molecule has 94 valence electrons. The Morgan fingerprint density at radius 2 is 2.12 bits per heavy atom. The molecule has 0 radical (unpaired) electrons. The molecule has 2 rings (SSSR count). The summed E-state index contributed by atoms with van der Waals surface area (Å²) in [6.45, 7) is 11.8. The Kier molecular flexibility index (Phi) is 5.06. The van der Waals surface area contributed by atoms with Crippen LogP contribution in [-0.2, 0) is 0 Å². The SMILES string of the molecule is C=C1CC[N@+]2(C(CC)CCC)CCCC12.[Br-]. The van der Waals surface area contributed by atoms with Crippen molar-refractivity contribution in [3.63, 3.8) is 0 Å². The molecule has 2 saturated heterocycles. The van der Waals surface area contributed by atoms with Crippen molar-refractivity contribution >= 4 is 0 Å². The molecular weight excluding hydrogens is 262 g/mol. The minimum absolute atomic E-state index is 0. The Hall–Kier alpha value is 0.180. The molecule has 1 nitrogen and oxygen atoms in total. The Morgan fingerprint density at radius 3 is 2.75 bits per heavy atom. The van der Waals surface area contributed by atoms with Gasteiger partial charge in [-0.3, -0.25) is 0 Å². The molecule has 2 heteroatoms. The van der Waals surface area contributed by atoms with Gasteiger partial charge in [0.15, 0.2) is 0 Å². The van der Waals surface area contributed by atoms with Crippen molar-refractivity contribution in [2.75, 3.05) is 13.1 Å². The summed E-state index contributed by atoms with van der Waals surface area (Å²) in [4.78, 5) is 0. The average molecular weight is 288 g/mol. The Labute approximate surface area is 111 Å². The van der Waals surface area contributed by atoms with Crippen molar-refractivity contribution < 1.29 is 21.5 Å². The molecule has 16 heavy (non-hydrogen) atoms. The summed E-state index contributed by atoms with van der Waals surface area (Å²) in [5.74, 6) is 0. The van der Waals surface area contributed by atoms with Gasteiger partial charge in [0.1, 0.15) is 6.04 Å². The van der Waals surface area contributed by atoms with Crippen molar-refractivity contribution in [2.24, 2.45) is 0 Å². The van der Waals surface area contributed by atoms with Crippen molar-refractivity contribution in [3.8, 4) is 0 Å². The lowest BCUT2D eigenvalue weighted by molar-refractivity contribution is -0.948. The largest absolute Gasteiger partial charge is 1.00 e. The number of nitrogens with zero attached hydrogens (tertiary/aromatic N) is 1. The zero-order valence-corrected chi connectivity index (χ0v) is 12.4. The van der Waals surface area contributed by atoms with Crippen LogP contribution in [0.1, 0.15) is 52.4 Å². The summed E-state index contributed by atoms with van der Waals surface area (Å²) in [6, 6.07) is 1.75. The van der Waals surface area contributed by atoms with Gasteiger partial charge in [0.2, 0.25) is 0 Å². The topological polar surface area (TPSA) is 0 Å². The Morgan fingerprint density at radius 1 is 1.38 bits per heavy atom. The van der Waals surface area contributed by atoms with Crippen molar-refractivity contribution in [1.82, 2.24) is 0 Å². The van der Waals surface area contributed by atoms with E-state index in [1.165, 1.54) is 56.1 Å². The van der Waals surface area contributed by atoms with Crippen LogP contribution in [0.2, 0.25) is 0 Å². The smallest absolute Gasteiger partial charge is 0.111 e.